The molecule has 0 atom stereocenters. The highest BCUT2D eigenvalue weighted by Gasteiger charge is 2.10. The van der Waals surface area contributed by atoms with Crippen LogP contribution in [-0.2, 0) is 0 Å². The van der Waals surface area contributed by atoms with Crippen LogP contribution in [0.2, 0.25) is 0 Å². The summed E-state index contributed by atoms with van der Waals surface area (Å²) in [5.74, 6) is 0. The highest BCUT2D eigenvalue weighted by atomic mass is 15.6. The Bertz CT molecular complexity index is 536. The van der Waals surface area contributed by atoms with Gasteiger partial charge in [-0.15, -0.1) is 5.53 Å². The number of pyridine rings is 1. The highest BCUT2D eigenvalue weighted by Crippen LogP contribution is 2.31. The number of rotatable bonds is 1. The SMILES string of the molecule is Cc1ccncc1-c1ccc2c(c1)NNN2. The average Bonchev–Trinajstić information content (AvgIpc) is 2.76. The standard InChI is InChI=1S/C12H12N4/c1-8-4-5-13-7-10(8)9-2-3-11-12(6-9)15-16-14-11/h2-7,14-16H,1H3. The van der Waals surface area contributed by atoms with Crippen molar-refractivity contribution < 1.29 is 0 Å². The number of benzene rings is 1. The van der Waals surface area contributed by atoms with E-state index in [0.717, 1.165) is 11.4 Å². The average molecular weight is 212 g/mol. The van der Waals surface area contributed by atoms with E-state index in [1.807, 2.05) is 24.5 Å². The largest absolute Gasteiger partial charge is 0.302 e. The van der Waals surface area contributed by atoms with Crippen molar-refractivity contribution in [3.8, 4) is 11.1 Å². The van der Waals surface area contributed by atoms with Crippen LogP contribution >= 0.6 is 0 Å². The van der Waals surface area contributed by atoms with E-state index < -0.39 is 0 Å². The molecule has 1 aromatic carbocycles. The molecule has 1 aliphatic heterocycles. The number of nitrogens with zero attached hydrogens (tertiary/aromatic N) is 1. The summed E-state index contributed by atoms with van der Waals surface area (Å²) in [7, 11) is 0. The fourth-order valence-corrected chi connectivity index (χ4v) is 1.86. The third kappa shape index (κ3) is 1.40. The third-order valence-corrected chi connectivity index (χ3v) is 2.76. The van der Waals surface area contributed by atoms with Crippen LogP contribution in [0.25, 0.3) is 11.1 Å². The molecule has 3 rings (SSSR count). The molecule has 0 bridgehead atoms. The third-order valence-electron chi connectivity index (χ3n) is 2.76. The van der Waals surface area contributed by atoms with Crippen molar-refractivity contribution in [2.75, 3.05) is 10.9 Å². The van der Waals surface area contributed by atoms with Gasteiger partial charge in [-0.25, -0.2) is 0 Å². The van der Waals surface area contributed by atoms with E-state index in [1.54, 1.807) is 0 Å². The summed E-state index contributed by atoms with van der Waals surface area (Å²) < 4.78 is 0. The number of hydrazine groups is 2. The zero-order chi connectivity index (χ0) is 11.0. The molecule has 16 heavy (non-hydrogen) atoms. The van der Waals surface area contributed by atoms with Crippen LogP contribution < -0.4 is 16.4 Å². The molecule has 0 saturated heterocycles. The van der Waals surface area contributed by atoms with Crippen LogP contribution in [0.3, 0.4) is 0 Å². The molecule has 80 valence electrons. The monoisotopic (exact) mass is 212 g/mol. The molecule has 0 saturated carbocycles. The lowest BCUT2D eigenvalue weighted by atomic mass is 10.0. The lowest BCUT2D eigenvalue weighted by Gasteiger charge is -2.06. The number of hydrogen-bond acceptors (Lipinski definition) is 4. The molecule has 1 aromatic heterocycles. The predicted octanol–water partition coefficient (Wildman–Crippen LogP) is 2.31. The summed E-state index contributed by atoms with van der Waals surface area (Å²) in [4.78, 5) is 4.16. The van der Waals surface area contributed by atoms with Gasteiger partial charge in [0.2, 0.25) is 0 Å². The Morgan fingerprint density at radius 2 is 1.94 bits per heavy atom. The van der Waals surface area contributed by atoms with E-state index in [1.165, 1.54) is 16.7 Å². The quantitative estimate of drug-likeness (QED) is 0.679. The first-order chi connectivity index (χ1) is 7.84. The van der Waals surface area contributed by atoms with Crippen molar-refractivity contribution in [2.24, 2.45) is 0 Å². The van der Waals surface area contributed by atoms with Crippen molar-refractivity contribution in [1.82, 2.24) is 10.5 Å². The molecule has 0 spiro atoms. The first-order valence-corrected chi connectivity index (χ1v) is 5.17. The number of nitrogens with one attached hydrogen (secondary N) is 3. The number of hydrogen-bond donors (Lipinski definition) is 3. The number of aromatic nitrogens is 1. The van der Waals surface area contributed by atoms with Gasteiger partial charge in [-0.3, -0.25) is 4.98 Å². The van der Waals surface area contributed by atoms with Crippen LogP contribution in [0.15, 0.2) is 36.7 Å². The van der Waals surface area contributed by atoms with Gasteiger partial charge >= 0.3 is 0 Å². The Morgan fingerprint density at radius 1 is 1.06 bits per heavy atom. The van der Waals surface area contributed by atoms with Crippen LogP contribution in [0, 0.1) is 6.92 Å². The van der Waals surface area contributed by atoms with E-state index >= 15 is 0 Å². The molecule has 0 unspecified atom stereocenters. The fourth-order valence-electron chi connectivity index (χ4n) is 1.86. The zero-order valence-electron chi connectivity index (χ0n) is 8.91. The summed E-state index contributed by atoms with van der Waals surface area (Å²) >= 11 is 0. The number of anilines is 2. The van der Waals surface area contributed by atoms with Gasteiger partial charge in [0, 0.05) is 18.0 Å². The van der Waals surface area contributed by atoms with Crippen LogP contribution in [0.4, 0.5) is 11.4 Å². The van der Waals surface area contributed by atoms with Gasteiger partial charge in [0.25, 0.3) is 0 Å². The molecular weight excluding hydrogens is 200 g/mol. The second kappa shape index (κ2) is 3.50. The Balaban J connectivity index is 2.11. The number of fused-ring (bicyclic) bond motifs is 1. The molecule has 3 N–H and O–H groups in total. The van der Waals surface area contributed by atoms with E-state index in [4.69, 9.17) is 0 Å². The van der Waals surface area contributed by atoms with Crippen molar-refractivity contribution in [3.05, 3.63) is 42.2 Å². The Labute approximate surface area is 93.7 Å². The molecule has 2 aromatic rings. The molecule has 2 heterocycles. The molecule has 1 aliphatic rings. The normalized spacial score (nSPS) is 12.8. The smallest absolute Gasteiger partial charge is 0.0756 e. The minimum Gasteiger partial charge on any atom is -0.302 e. The van der Waals surface area contributed by atoms with Crippen molar-refractivity contribution in [1.29, 1.82) is 0 Å². The van der Waals surface area contributed by atoms with Crippen molar-refractivity contribution in [2.45, 2.75) is 6.92 Å². The lowest BCUT2D eigenvalue weighted by Crippen LogP contribution is -2.19. The topological polar surface area (TPSA) is 49.0 Å². The summed E-state index contributed by atoms with van der Waals surface area (Å²) in [6.07, 6.45) is 3.71. The van der Waals surface area contributed by atoms with Gasteiger partial charge in [0.05, 0.1) is 11.4 Å². The van der Waals surface area contributed by atoms with Gasteiger partial charge in [-0.2, -0.15) is 0 Å². The summed E-state index contributed by atoms with van der Waals surface area (Å²) in [5, 5.41) is 0. The van der Waals surface area contributed by atoms with Gasteiger partial charge in [-0.1, -0.05) is 6.07 Å². The second-order valence-electron chi connectivity index (χ2n) is 3.83. The Hall–Kier alpha value is -2.07. The lowest BCUT2D eigenvalue weighted by molar-refractivity contribution is 1.01. The van der Waals surface area contributed by atoms with Gasteiger partial charge < -0.3 is 10.9 Å². The van der Waals surface area contributed by atoms with E-state index in [-0.39, 0.29) is 0 Å². The first-order valence-electron chi connectivity index (χ1n) is 5.17. The molecule has 0 aliphatic carbocycles. The van der Waals surface area contributed by atoms with Crippen LogP contribution in [0.5, 0.6) is 0 Å². The molecule has 0 radical (unpaired) electrons. The minimum atomic E-state index is 1.06. The molecule has 4 nitrogen and oxygen atoms in total. The molecule has 0 amide bonds. The number of aryl methyl sites for hydroxylation is 1. The minimum absolute atomic E-state index is 1.06. The van der Waals surface area contributed by atoms with Gasteiger partial charge in [0.15, 0.2) is 0 Å². The second-order valence-corrected chi connectivity index (χ2v) is 3.83. The van der Waals surface area contributed by atoms with Crippen molar-refractivity contribution in [3.63, 3.8) is 0 Å². The molecule has 4 heteroatoms. The predicted molar refractivity (Wildman–Crippen MR) is 64.8 cm³/mol. The maximum absolute atomic E-state index is 4.16. The van der Waals surface area contributed by atoms with E-state index in [2.05, 4.69) is 40.4 Å². The van der Waals surface area contributed by atoms with Gasteiger partial charge in [0.1, 0.15) is 0 Å². The Morgan fingerprint density at radius 3 is 2.81 bits per heavy atom. The highest BCUT2D eigenvalue weighted by molar-refractivity contribution is 5.79. The maximum Gasteiger partial charge on any atom is 0.0756 e. The maximum atomic E-state index is 4.16. The van der Waals surface area contributed by atoms with E-state index in [9.17, 15) is 0 Å². The summed E-state index contributed by atoms with van der Waals surface area (Å²) in [5.41, 5.74) is 14.6. The molecule has 0 fully saturated rings. The molecular formula is C12H12N4. The summed E-state index contributed by atoms with van der Waals surface area (Å²) in [6, 6.07) is 8.26. The van der Waals surface area contributed by atoms with Crippen LogP contribution in [0.1, 0.15) is 5.56 Å². The summed E-state index contributed by atoms with van der Waals surface area (Å²) in [6.45, 7) is 2.09. The van der Waals surface area contributed by atoms with E-state index in [0.29, 0.717) is 0 Å². The fraction of sp³-hybridized carbons (Fsp3) is 0.0833. The van der Waals surface area contributed by atoms with Gasteiger partial charge in [-0.05, 0) is 36.2 Å². The zero-order valence-corrected chi connectivity index (χ0v) is 8.91. The first kappa shape index (κ1) is 9.18. The van der Waals surface area contributed by atoms with Crippen LogP contribution in [-0.4, -0.2) is 4.98 Å². The van der Waals surface area contributed by atoms with Crippen molar-refractivity contribution >= 4 is 11.4 Å². The Kier molecular flexibility index (Phi) is 2.01.